The van der Waals surface area contributed by atoms with E-state index in [1.807, 2.05) is 0 Å². The van der Waals surface area contributed by atoms with Crippen LogP contribution in [0.5, 0.6) is 0 Å². The second-order valence-corrected chi connectivity index (χ2v) is 8.59. The Morgan fingerprint density at radius 3 is 2.54 bits per heavy atom. The Balaban J connectivity index is 1.86. The first-order valence-electron chi connectivity index (χ1n) is 9.83. The molecular weight excluding hydrogens is 361 g/mol. The second kappa shape index (κ2) is 6.88. The molecule has 0 radical (unpaired) electrons. The molecule has 0 spiro atoms. The molecule has 2 aromatic rings. The molecule has 1 aliphatic carbocycles. The van der Waals surface area contributed by atoms with Crippen molar-refractivity contribution in [2.24, 2.45) is 0 Å². The molecule has 1 aromatic carbocycles. The highest BCUT2D eigenvalue weighted by Crippen LogP contribution is 2.48. The average Bonchev–Trinajstić information content (AvgIpc) is 3.45. The number of carbonyl (C=O) groups excluding carboxylic acids is 1. The minimum absolute atomic E-state index is 0.0986. The van der Waals surface area contributed by atoms with Gasteiger partial charge in [-0.1, -0.05) is 0 Å². The number of benzene rings is 1. The molecule has 2 heterocycles. The van der Waals surface area contributed by atoms with Crippen molar-refractivity contribution in [1.82, 2.24) is 10.3 Å². The van der Waals surface area contributed by atoms with Crippen molar-refractivity contribution in [3.63, 3.8) is 0 Å². The summed E-state index contributed by atoms with van der Waals surface area (Å²) in [6.07, 6.45) is 3.37. The van der Waals surface area contributed by atoms with Crippen molar-refractivity contribution in [2.75, 3.05) is 31.1 Å². The Kier molecular flexibility index (Phi) is 4.65. The van der Waals surface area contributed by atoms with Gasteiger partial charge in [0.25, 0.3) is 0 Å². The minimum Gasteiger partial charge on any atom is -0.456 e. The summed E-state index contributed by atoms with van der Waals surface area (Å²) in [5, 5.41) is 3.49. The molecule has 0 unspecified atom stereocenters. The number of nitrogens with one attached hydrogen (secondary N) is 2. The Morgan fingerprint density at radius 1 is 1.25 bits per heavy atom. The van der Waals surface area contributed by atoms with Gasteiger partial charge in [-0.2, -0.15) is 0 Å². The van der Waals surface area contributed by atoms with E-state index in [0.29, 0.717) is 11.2 Å². The third kappa shape index (κ3) is 3.51. The number of piperazine rings is 1. The third-order valence-electron chi connectivity index (χ3n) is 5.18. The second-order valence-electron chi connectivity index (χ2n) is 8.59. The van der Waals surface area contributed by atoms with E-state index in [2.05, 4.69) is 15.2 Å². The quantitative estimate of drug-likeness (QED) is 0.792. The Labute approximate surface area is 163 Å². The van der Waals surface area contributed by atoms with Crippen molar-refractivity contribution in [3.8, 4) is 0 Å². The molecule has 1 aliphatic heterocycles. The summed E-state index contributed by atoms with van der Waals surface area (Å²) in [7, 11) is 0. The van der Waals surface area contributed by atoms with Crippen LogP contribution in [-0.4, -0.2) is 42.7 Å². The molecular formula is C21H26FN3O3. The smallest absolute Gasteiger partial charge is 0.344 e. The monoisotopic (exact) mass is 387 g/mol. The highest BCUT2D eigenvalue weighted by molar-refractivity contribution is 5.96. The average molecular weight is 387 g/mol. The molecule has 150 valence electrons. The van der Waals surface area contributed by atoms with E-state index < -0.39 is 22.8 Å². The number of anilines is 1. The van der Waals surface area contributed by atoms with Crippen LogP contribution in [0.15, 0.2) is 17.1 Å². The zero-order valence-electron chi connectivity index (χ0n) is 16.5. The minimum atomic E-state index is -0.713. The lowest BCUT2D eigenvalue weighted by molar-refractivity contribution is 0.00679. The topological polar surface area (TPSA) is 74.4 Å². The predicted molar refractivity (Wildman–Crippen MR) is 107 cm³/mol. The fourth-order valence-corrected chi connectivity index (χ4v) is 3.81. The number of hydrogen-bond donors (Lipinski definition) is 2. The molecule has 0 bridgehead atoms. The van der Waals surface area contributed by atoms with E-state index in [1.54, 1.807) is 20.8 Å². The van der Waals surface area contributed by atoms with Crippen molar-refractivity contribution in [3.05, 3.63) is 39.4 Å². The van der Waals surface area contributed by atoms with Crippen molar-refractivity contribution < 1.29 is 13.9 Å². The van der Waals surface area contributed by atoms with Gasteiger partial charge in [0.05, 0.1) is 11.2 Å². The molecule has 2 aliphatic rings. The van der Waals surface area contributed by atoms with Crippen LogP contribution in [0.1, 0.15) is 55.5 Å². The molecule has 1 aromatic heterocycles. The Hall–Kier alpha value is -2.41. The third-order valence-corrected chi connectivity index (χ3v) is 5.18. The van der Waals surface area contributed by atoms with Gasteiger partial charge in [-0.15, -0.1) is 0 Å². The zero-order chi connectivity index (χ0) is 20.1. The largest absolute Gasteiger partial charge is 0.456 e. The summed E-state index contributed by atoms with van der Waals surface area (Å²) in [6.45, 7) is 8.27. The van der Waals surface area contributed by atoms with E-state index in [9.17, 15) is 9.59 Å². The summed E-state index contributed by atoms with van der Waals surface area (Å²) in [4.78, 5) is 30.6. The van der Waals surface area contributed by atoms with Crippen molar-refractivity contribution >= 4 is 22.6 Å². The van der Waals surface area contributed by atoms with Crippen LogP contribution in [0.3, 0.4) is 0 Å². The van der Waals surface area contributed by atoms with Gasteiger partial charge >= 0.3 is 5.97 Å². The highest BCUT2D eigenvalue weighted by Gasteiger charge is 2.33. The summed E-state index contributed by atoms with van der Waals surface area (Å²) in [6, 6.07) is 1.27. The first kappa shape index (κ1) is 18.9. The fraction of sp³-hybridized carbons (Fsp3) is 0.524. The maximum Gasteiger partial charge on any atom is 0.344 e. The van der Waals surface area contributed by atoms with E-state index in [4.69, 9.17) is 4.74 Å². The van der Waals surface area contributed by atoms with Crippen LogP contribution in [0, 0.1) is 5.82 Å². The number of fused-ring (bicyclic) bond motifs is 1. The lowest BCUT2D eigenvalue weighted by atomic mass is 10.00. The first-order chi connectivity index (χ1) is 13.3. The Morgan fingerprint density at radius 2 is 1.93 bits per heavy atom. The van der Waals surface area contributed by atoms with E-state index in [-0.39, 0.29) is 16.9 Å². The number of rotatable bonds is 3. The lowest BCUT2D eigenvalue weighted by Gasteiger charge is -2.32. The van der Waals surface area contributed by atoms with E-state index in [1.165, 1.54) is 12.3 Å². The van der Waals surface area contributed by atoms with Gasteiger partial charge in [0.2, 0.25) is 5.43 Å². The summed E-state index contributed by atoms with van der Waals surface area (Å²) < 4.78 is 20.5. The summed E-state index contributed by atoms with van der Waals surface area (Å²) in [5.74, 6) is -0.857. The molecule has 0 atom stereocenters. The van der Waals surface area contributed by atoms with Crippen LogP contribution >= 0.6 is 0 Å². The fourth-order valence-electron chi connectivity index (χ4n) is 3.81. The van der Waals surface area contributed by atoms with E-state index in [0.717, 1.165) is 44.6 Å². The molecule has 2 fully saturated rings. The molecule has 0 amide bonds. The van der Waals surface area contributed by atoms with Gasteiger partial charge in [0.1, 0.15) is 17.0 Å². The van der Waals surface area contributed by atoms with Crippen LogP contribution in [0.25, 0.3) is 10.9 Å². The molecule has 6 nitrogen and oxygen atoms in total. The number of esters is 1. The maximum absolute atomic E-state index is 15.2. The standard InChI is InChI=1S/C21H26FN3O3/c1-21(2,3)28-20(27)14-11-24-17-13(19(14)26)10-15(22)18(16(17)12-4-5-12)25-8-6-23-7-9-25/h10-12,23H,4-9H2,1-3H3,(H,24,26). The molecule has 28 heavy (non-hydrogen) atoms. The zero-order valence-corrected chi connectivity index (χ0v) is 16.5. The molecule has 2 N–H and O–H groups in total. The lowest BCUT2D eigenvalue weighted by Crippen LogP contribution is -2.44. The Bertz CT molecular complexity index is 983. The maximum atomic E-state index is 15.2. The molecule has 1 saturated heterocycles. The number of ether oxygens (including phenoxy) is 1. The van der Waals surface area contributed by atoms with Gasteiger partial charge in [0, 0.05) is 43.3 Å². The number of halogens is 1. The SMILES string of the molecule is CC(C)(C)OC(=O)c1c[nH]c2c(C3CC3)c(N3CCNCC3)c(F)cc2c1=O. The number of pyridine rings is 1. The van der Waals surface area contributed by atoms with E-state index >= 15 is 4.39 Å². The molecule has 1 saturated carbocycles. The normalized spacial score (nSPS) is 17.8. The summed E-state index contributed by atoms with van der Waals surface area (Å²) >= 11 is 0. The number of carbonyl (C=O) groups is 1. The number of H-pyrrole nitrogens is 1. The molecule has 7 heteroatoms. The van der Waals surface area contributed by atoms with Gasteiger partial charge in [0.15, 0.2) is 0 Å². The van der Waals surface area contributed by atoms with Crippen molar-refractivity contribution in [1.29, 1.82) is 0 Å². The van der Waals surface area contributed by atoms with Crippen LogP contribution in [0.2, 0.25) is 0 Å². The van der Waals surface area contributed by atoms with Gasteiger partial charge in [-0.05, 0) is 45.6 Å². The van der Waals surface area contributed by atoms with Crippen LogP contribution in [-0.2, 0) is 4.74 Å². The van der Waals surface area contributed by atoms with Gasteiger partial charge in [-0.3, -0.25) is 4.79 Å². The number of hydrogen-bond acceptors (Lipinski definition) is 5. The number of aromatic nitrogens is 1. The van der Waals surface area contributed by atoms with Crippen molar-refractivity contribution in [2.45, 2.75) is 45.1 Å². The summed E-state index contributed by atoms with van der Waals surface area (Å²) in [5.41, 5.74) is 0.792. The molecule has 4 rings (SSSR count). The highest BCUT2D eigenvalue weighted by atomic mass is 19.1. The number of aromatic amines is 1. The first-order valence-corrected chi connectivity index (χ1v) is 9.83. The number of nitrogens with zero attached hydrogens (tertiary/aromatic N) is 1. The van der Waals surface area contributed by atoms with Crippen LogP contribution in [0.4, 0.5) is 10.1 Å². The van der Waals surface area contributed by atoms with Crippen LogP contribution < -0.4 is 15.6 Å². The predicted octanol–water partition coefficient (Wildman–Crippen LogP) is 2.91. The van der Waals surface area contributed by atoms with Gasteiger partial charge in [-0.25, -0.2) is 9.18 Å². The van der Waals surface area contributed by atoms with Gasteiger partial charge < -0.3 is 19.9 Å².